The molecule has 1 heterocycles. The van der Waals surface area contributed by atoms with Gasteiger partial charge in [0, 0.05) is 25.2 Å². The van der Waals surface area contributed by atoms with E-state index >= 15 is 0 Å². The quantitative estimate of drug-likeness (QED) is 0.747. The zero-order valence-electron chi connectivity index (χ0n) is 9.19. The lowest BCUT2D eigenvalue weighted by Crippen LogP contribution is -2.40. The third kappa shape index (κ3) is 1.92. The van der Waals surface area contributed by atoms with E-state index in [0.717, 1.165) is 31.4 Å². The van der Waals surface area contributed by atoms with Crippen LogP contribution in [0, 0.1) is 0 Å². The average molecular weight is 209 g/mol. The van der Waals surface area contributed by atoms with Crippen LogP contribution >= 0.6 is 0 Å². The SMILES string of the molecule is Cn1cnc(C2(CN)CCC(O)CC2)c1. The molecule has 1 aliphatic carbocycles. The summed E-state index contributed by atoms with van der Waals surface area (Å²) in [5, 5.41) is 9.52. The molecule has 0 aliphatic heterocycles. The number of aryl methyl sites for hydroxylation is 1. The Labute approximate surface area is 90.1 Å². The summed E-state index contributed by atoms with van der Waals surface area (Å²) in [6.45, 7) is 0.622. The third-order valence-electron chi connectivity index (χ3n) is 3.55. The molecule has 1 aromatic heterocycles. The predicted octanol–water partition coefficient (Wildman–Crippen LogP) is 0.551. The molecule has 0 spiro atoms. The van der Waals surface area contributed by atoms with Gasteiger partial charge in [-0.25, -0.2) is 4.98 Å². The van der Waals surface area contributed by atoms with Crippen molar-refractivity contribution in [1.82, 2.24) is 9.55 Å². The number of nitrogens with zero attached hydrogens (tertiary/aromatic N) is 2. The maximum absolute atomic E-state index is 9.52. The van der Waals surface area contributed by atoms with E-state index in [-0.39, 0.29) is 11.5 Å². The number of imidazole rings is 1. The molecule has 0 radical (unpaired) electrons. The monoisotopic (exact) mass is 209 g/mol. The highest BCUT2D eigenvalue weighted by Gasteiger charge is 2.36. The van der Waals surface area contributed by atoms with Crippen LogP contribution in [0.3, 0.4) is 0 Å². The standard InChI is InChI=1S/C11H19N3O/c1-14-6-10(13-8-14)11(7-12)4-2-9(15)3-5-11/h6,8-9,15H,2-5,7,12H2,1H3. The summed E-state index contributed by atoms with van der Waals surface area (Å²) in [4.78, 5) is 4.41. The number of rotatable bonds is 2. The van der Waals surface area contributed by atoms with Crippen LogP contribution < -0.4 is 5.73 Å². The summed E-state index contributed by atoms with van der Waals surface area (Å²) in [5.74, 6) is 0. The lowest BCUT2D eigenvalue weighted by Gasteiger charge is -2.36. The van der Waals surface area contributed by atoms with Crippen molar-refractivity contribution in [3.8, 4) is 0 Å². The zero-order valence-corrected chi connectivity index (χ0v) is 9.19. The lowest BCUT2D eigenvalue weighted by molar-refractivity contribution is 0.0963. The summed E-state index contributed by atoms with van der Waals surface area (Å²) in [6, 6.07) is 0. The normalized spacial score (nSPS) is 31.8. The second-order valence-electron chi connectivity index (χ2n) is 4.64. The van der Waals surface area contributed by atoms with Gasteiger partial charge in [0.05, 0.1) is 18.1 Å². The molecule has 0 amide bonds. The van der Waals surface area contributed by atoms with Crippen molar-refractivity contribution in [1.29, 1.82) is 0 Å². The second-order valence-corrected chi connectivity index (χ2v) is 4.64. The molecule has 15 heavy (non-hydrogen) atoms. The van der Waals surface area contributed by atoms with Crippen LogP contribution in [0.25, 0.3) is 0 Å². The summed E-state index contributed by atoms with van der Waals surface area (Å²) < 4.78 is 1.96. The zero-order chi connectivity index (χ0) is 10.9. The van der Waals surface area contributed by atoms with Crippen molar-refractivity contribution < 1.29 is 5.11 Å². The van der Waals surface area contributed by atoms with Crippen LogP contribution in [0.15, 0.2) is 12.5 Å². The van der Waals surface area contributed by atoms with Gasteiger partial charge in [-0.05, 0) is 25.7 Å². The molecule has 84 valence electrons. The summed E-state index contributed by atoms with van der Waals surface area (Å²) in [7, 11) is 1.97. The summed E-state index contributed by atoms with van der Waals surface area (Å²) >= 11 is 0. The van der Waals surface area contributed by atoms with Crippen LogP contribution in [-0.2, 0) is 12.5 Å². The van der Waals surface area contributed by atoms with E-state index < -0.39 is 0 Å². The minimum atomic E-state index is -0.145. The van der Waals surface area contributed by atoms with Gasteiger partial charge in [0.2, 0.25) is 0 Å². The Morgan fingerprint density at radius 2 is 2.27 bits per heavy atom. The van der Waals surface area contributed by atoms with E-state index in [9.17, 15) is 5.11 Å². The number of hydrogen-bond acceptors (Lipinski definition) is 3. The van der Waals surface area contributed by atoms with Gasteiger partial charge in [0.25, 0.3) is 0 Å². The first-order valence-corrected chi connectivity index (χ1v) is 5.53. The fourth-order valence-electron chi connectivity index (χ4n) is 2.41. The largest absolute Gasteiger partial charge is 0.393 e. The highest BCUT2D eigenvalue weighted by molar-refractivity contribution is 5.16. The van der Waals surface area contributed by atoms with Gasteiger partial charge in [-0.15, -0.1) is 0 Å². The van der Waals surface area contributed by atoms with Crippen LogP contribution in [0.4, 0.5) is 0 Å². The molecule has 0 bridgehead atoms. The van der Waals surface area contributed by atoms with Crippen LogP contribution in [0.1, 0.15) is 31.4 Å². The molecule has 1 fully saturated rings. The van der Waals surface area contributed by atoms with Gasteiger partial charge in [0.15, 0.2) is 0 Å². The van der Waals surface area contributed by atoms with Gasteiger partial charge in [0.1, 0.15) is 0 Å². The maximum atomic E-state index is 9.52. The fourth-order valence-corrected chi connectivity index (χ4v) is 2.41. The van der Waals surface area contributed by atoms with Gasteiger partial charge in [-0.3, -0.25) is 0 Å². The number of aliphatic hydroxyl groups excluding tert-OH is 1. The van der Waals surface area contributed by atoms with Gasteiger partial charge in [-0.1, -0.05) is 0 Å². The fraction of sp³-hybridized carbons (Fsp3) is 0.727. The minimum Gasteiger partial charge on any atom is -0.393 e. The molecule has 4 heteroatoms. The number of aromatic nitrogens is 2. The van der Waals surface area contributed by atoms with Crippen molar-refractivity contribution in [2.75, 3.05) is 6.54 Å². The average Bonchev–Trinajstić information content (AvgIpc) is 2.67. The van der Waals surface area contributed by atoms with E-state index in [1.54, 1.807) is 0 Å². The van der Waals surface area contributed by atoms with Crippen LogP contribution in [0.5, 0.6) is 0 Å². The van der Waals surface area contributed by atoms with E-state index in [1.807, 2.05) is 24.1 Å². The van der Waals surface area contributed by atoms with Gasteiger partial charge >= 0.3 is 0 Å². The smallest absolute Gasteiger partial charge is 0.0947 e. The van der Waals surface area contributed by atoms with E-state index in [0.29, 0.717) is 6.54 Å². The first-order valence-electron chi connectivity index (χ1n) is 5.53. The summed E-state index contributed by atoms with van der Waals surface area (Å²) in [5.41, 5.74) is 6.98. The number of hydrogen-bond donors (Lipinski definition) is 2. The molecule has 2 rings (SSSR count). The van der Waals surface area contributed by atoms with Crippen molar-refractivity contribution in [3.05, 3.63) is 18.2 Å². The highest BCUT2D eigenvalue weighted by Crippen LogP contribution is 2.37. The lowest BCUT2D eigenvalue weighted by atomic mass is 9.71. The Morgan fingerprint density at radius 1 is 1.60 bits per heavy atom. The molecular weight excluding hydrogens is 190 g/mol. The van der Waals surface area contributed by atoms with Crippen molar-refractivity contribution in [2.24, 2.45) is 12.8 Å². The Hall–Kier alpha value is -0.870. The third-order valence-corrected chi connectivity index (χ3v) is 3.55. The molecule has 1 aliphatic rings. The molecule has 1 aromatic rings. The van der Waals surface area contributed by atoms with Gasteiger partial charge in [-0.2, -0.15) is 0 Å². The maximum Gasteiger partial charge on any atom is 0.0947 e. The molecule has 0 atom stereocenters. The number of nitrogens with two attached hydrogens (primary N) is 1. The first kappa shape index (κ1) is 10.6. The Morgan fingerprint density at radius 3 is 2.73 bits per heavy atom. The van der Waals surface area contributed by atoms with E-state index in [2.05, 4.69) is 4.98 Å². The molecular formula is C11H19N3O. The van der Waals surface area contributed by atoms with Crippen LogP contribution in [0.2, 0.25) is 0 Å². The van der Waals surface area contributed by atoms with Crippen molar-refractivity contribution >= 4 is 0 Å². The molecule has 0 aromatic carbocycles. The van der Waals surface area contributed by atoms with Gasteiger partial charge < -0.3 is 15.4 Å². The highest BCUT2D eigenvalue weighted by atomic mass is 16.3. The molecule has 0 unspecified atom stereocenters. The summed E-state index contributed by atoms with van der Waals surface area (Å²) in [6.07, 6.45) is 7.29. The van der Waals surface area contributed by atoms with Crippen molar-refractivity contribution in [2.45, 2.75) is 37.2 Å². The molecule has 3 N–H and O–H groups in total. The molecule has 1 saturated carbocycles. The minimum absolute atomic E-state index is 0.000486. The predicted molar refractivity (Wildman–Crippen MR) is 58.4 cm³/mol. The number of aliphatic hydroxyl groups is 1. The van der Waals surface area contributed by atoms with Crippen LogP contribution in [-0.4, -0.2) is 27.3 Å². The molecule has 4 nitrogen and oxygen atoms in total. The topological polar surface area (TPSA) is 64.1 Å². The Bertz CT molecular complexity index is 326. The Balaban J connectivity index is 2.22. The van der Waals surface area contributed by atoms with E-state index in [4.69, 9.17) is 5.73 Å². The second kappa shape index (κ2) is 3.94. The van der Waals surface area contributed by atoms with E-state index in [1.165, 1.54) is 0 Å². The Kier molecular flexibility index (Phi) is 2.80. The molecule has 0 saturated heterocycles. The van der Waals surface area contributed by atoms with Crippen molar-refractivity contribution in [3.63, 3.8) is 0 Å². The first-order chi connectivity index (χ1) is 7.16.